The summed E-state index contributed by atoms with van der Waals surface area (Å²) in [6.45, 7) is 1.90. The third kappa shape index (κ3) is 3.53. The van der Waals surface area contributed by atoms with E-state index in [0.717, 1.165) is 5.56 Å². The average molecular weight is 415 g/mol. The Morgan fingerprint density at radius 3 is 2.10 bits per heavy atom. The van der Waals surface area contributed by atoms with Gasteiger partial charge in [0.15, 0.2) is 11.5 Å². The molecule has 3 aromatic rings. The van der Waals surface area contributed by atoms with Crippen LogP contribution in [0.15, 0.2) is 60.7 Å². The fraction of sp³-hybridized carbons (Fsp3) is 0.120. The lowest BCUT2D eigenvalue weighted by Gasteiger charge is -2.29. The third-order valence-corrected chi connectivity index (χ3v) is 5.16. The molecule has 0 radical (unpaired) electrons. The quantitative estimate of drug-likeness (QED) is 0.503. The van der Waals surface area contributed by atoms with E-state index >= 15 is 0 Å². The summed E-state index contributed by atoms with van der Waals surface area (Å²) >= 11 is 0. The van der Waals surface area contributed by atoms with Crippen LogP contribution >= 0.6 is 0 Å². The van der Waals surface area contributed by atoms with Crippen molar-refractivity contribution >= 4 is 29.2 Å². The molecule has 6 nitrogen and oxygen atoms in total. The first-order valence-corrected chi connectivity index (χ1v) is 9.66. The van der Waals surface area contributed by atoms with Gasteiger partial charge >= 0.3 is 0 Å². The number of imide groups is 1. The molecule has 0 unspecified atom stereocenters. The molecule has 0 saturated carbocycles. The van der Waals surface area contributed by atoms with Crippen LogP contribution in [-0.2, 0) is 4.79 Å². The van der Waals surface area contributed by atoms with Gasteiger partial charge in [-0.25, -0.2) is 4.90 Å². The second-order valence-electron chi connectivity index (χ2n) is 7.16. The smallest absolute Gasteiger partial charge is 0.265 e. The van der Waals surface area contributed by atoms with Crippen LogP contribution in [-0.4, -0.2) is 31.1 Å². The summed E-state index contributed by atoms with van der Waals surface area (Å²) in [6, 6.07) is 17.5. The van der Waals surface area contributed by atoms with Crippen LogP contribution in [0.1, 0.15) is 27.0 Å². The molecule has 0 spiro atoms. The third-order valence-electron chi connectivity index (χ3n) is 5.16. The van der Waals surface area contributed by atoms with Crippen molar-refractivity contribution in [3.8, 4) is 17.2 Å². The van der Waals surface area contributed by atoms with E-state index in [1.165, 1.54) is 19.1 Å². The van der Waals surface area contributed by atoms with Crippen molar-refractivity contribution < 1.29 is 24.2 Å². The van der Waals surface area contributed by atoms with Crippen LogP contribution < -0.4 is 14.4 Å². The molecule has 1 heterocycles. The van der Waals surface area contributed by atoms with E-state index in [-0.39, 0.29) is 23.2 Å². The van der Waals surface area contributed by atoms with Gasteiger partial charge in [0.25, 0.3) is 11.8 Å². The van der Waals surface area contributed by atoms with E-state index in [2.05, 4.69) is 0 Å². The van der Waals surface area contributed by atoms with Gasteiger partial charge in [-0.05, 0) is 60.0 Å². The summed E-state index contributed by atoms with van der Waals surface area (Å²) in [6.07, 6.45) is 1.67. The minimum absolute atomic E-state index is 0.126. The maximum Gasteiger partial charge on any atom is 0.265 e. The Balaban J connectivity index is 1.92. The van der Waals surface area contributed by atoms with E-state index in [1.54, 1.807) is 54.6 Å². The molecule has 0 bridgehead atoms. The second-order valence-corrected chi connectivity index (χ2v) is 7.16. The lowest BCUT2D eigenvalue weighted by molar-refractivity contribution is -0.112. The number of hydrogen-bond donors (Lipinski definition) is 1. The lowest BCUT2D eigenvalue weighted by atomic mass is 9.91. The zero-order chi connectivity index (χ0) is 22.1. The Morgan fingerprint density at radius 1 is 0.839 bits per heavy atom. The lowest BCUT2D eigenvalue weighted by Crippen LogP contribution is -2.41. The van der Waals surface area contributed by atoms with E-state index in [4.69, 9.17) is 9.47 Å². The van der Waals surface area contributed by atoms with Crippen LogP contribution in [0, 0.1) is 6.92 Å². The Bertz CT molecular complexity index is 1200. The topological polar surface area (TPSA) is 76.1 Å². The first-order chi connectivity index (χ1) is 14.9. The molecule has 2 amide bonds. The second kappa shape index (κ2) is 7.99. The van der Waals surface area contributed by atoms with Crippen LogP contribution in [0.2, 0.25) is 0 Å². The predicted octanol–water partition coefficient (Wildman–Crippen LogP) is 4.45. The van der Waals surface area contributed by atoms with Crippen molar-refractivity contribution in [2.75, 3.05) is 19.1 Å². The van der Waals surface area contributed by atoms with Gasteiger partial charge in [-0.1, -0.05) is 30.3 Å². The number of anilines is 1. The van der Waals surface area contributed by atoms with Crippen molar-refractivity contribution in [1.82, 2.24) is 0 Å². The Labute approximate surface area is 180 Å². The normalized spacial score (nSPS) is 14.5. The average Bonchev–Trinajstić information content (AvgIpc) is 2.77. The predicted molar refractivity (Wildman–Crippen MR) is 119 cm³/mol. The first-order valence-electron chi connectivity index (χ1n) is 9.66. The maximum atomic E-state index is 13.5. The van der Waals surface area contributed by atoms with Crippen LogP contribution in [0.4, 0.5) is 5.69 Å². The molecular formula is C25H21NO5. The minimum Gasteiger partial charge on any atom is -0.502 e. The van der Waals surface area contributed by atoms with E-state index in [9.17, 15) is 14.7 Å². The standard InChI is InChI=1S/C25H21NO5/c1-15-7-6-8-17(11-15)26-24(28)19-10-5-4-9-18(19)20(25(26)29)12-16-13-21(30-2)23(27)22(14-16)31-3/h4-14,27H,1-3H3/b20-12+. The number of phenolic OH excluding ortho intramolecular Hbond substituents is 1. The molecule has 0 atom stereocenters. The first kappa shape index (κ1) is 20.2. The highest BCUT2D eigenvalue weighted by molar-refractivity contribution is 6.43. The fourth-order valence-corrected chi connectivity index (χ4v) is 3.66. The van der Waals surface area contributed by atoms with Gasteiger partial charge in [-0.15, -0.1) is 0 Å². The molecule has 4 rings (SSSR count). The van der Waals surface area contributed by atoms with Crippen molar-refractivity contribution in [3.05, 3.63) is 82.9 Å². The van der Waals surface area contributed by atoms with Crippen LogP contribution in [0.5, 0.6) is 17.2 Å². The summed E-state index contributed by atoms with van der Waals surface area (Å²) in [5, 5.41) is 10.2. The molecule has 1 N–H and O–H groups in total. The molecule has 3 aromatic carbocycles. The Morgan fingerprint density at radius 2 is 1.48 bits per heavy atom. The molecule has 6 heteroatoms. The molecule has 0 saturated heterocycles. The van der Waals surface area contributed by atoms with Gasteiger partial charge in [0.05, 0.1) is 19.9 Å². The summed E-state index contributed by atoms with van der Waals surface area (Å²) in [5.74, 6) is -0.493. The van der Waals surface area contributed by atoms with Gasteiger partial charge < -0.3 is 14.6 Å². The van der Waals surface area contributed by atoms with Crippen LogP contribution in [0.3, 0.4) is 0 Å². The van der Waals surface area contributed by atoms with E-state index in [1.807, 2.05) is 19.1 Å². The maximum absolute atomic E-state index is 13.5. The molecule has 156 valence electrons. The number of aryl methyl sites for hydroxylation is 1. The number of fused-ring (bicyclic) bond motifs is 1. The summed E-state index contributed by atoms with van der Waals surface area (Å²) in [7, 11) is 2.87. The highest BCUT2D eigenvalue weighted by atomic mass is 16.5. The number of rotatable bonds is 4. The van der Waals surface area contributed by atoms with Gasteiger partial charge in [0.2, 0.25) is 5.75 Å². The number of hydrogen-bond acceptors (Lipinski definition) is 5. The highest BCUT2D eigenvalue weighted by Crippen LogP contribution is 2.39. The number of methoxy groups -OCH3 is 2. The highest BCUT2D eigenvalue weighted by Gasteiger charge is 2.35. The van der Waals surface area contributed by atoms with Gasteiger partial charge in [0, 0.05) is 11.1 Å². The molecule has 0 aromatic heterocycles. The molecule has 0 fully saturated rings. The number of carbonyl (C=O) groups is 2. The minimum atomic E-state index is -0.430. The number of nitrogens with zero attached hydrogens (tertiary/aromatic N) is 1. The Kier molecular flexibility index (Phi) is 5.21. The van der Waals surface area contributed by atoms with Crippen molar-refractivity contribution in [2.24, 2.45) is 0 Å². The summed E-state index contributed by atoms with van der Waals surface area (Å²) < 4.78 is 10.5. The largest absolute Gasteiger partial charge is 0.502 e. The van der Waals surface area contributed by atoms with E-state index < -0.39 is 5.91 Å². The monoisotopic (exact) mass is 415 g/mol. The molecule has 1 aliphatic rings. The number of benzene rings is 3. The van der Waals surface area contributed by atoms with Crippen molar-refractivity contribution in [2.45, 2.75) is 6.92 Å². The number of aromatic hydroxyl groups is 1. The van der Waals surface area contributed by atoms with Gasteiger partial charge in [-0.2, -0.15) is 0 Å². The number of carbonyl (C=O) groups excluding carboxylic acids is 2. The van der Waals surface area contributed by atoms with Crippen LogP contribution in [0.25, 0.3) is 11.6 Å². The zero-order valence-corrected chi connectivity index (χ0v) is 17.4. The fourth-order valence-electron chi connectivity index (χ4n) is 3.66. The molecular weight excluding hydrogens is 394 g/mol. The van der Waals surface area contributed by atoms with E-state index in [0.29, 0.717) is 28.0 Å². The number of phenols is 1. The molecule has 31 heavy (non-hydrogen) atoms. The number of amides is 2. The summed E-state index contributed by atoms with van der Waals surface area (Å²) in [5.41, 5.74) is 3.38. The molecule has 1 aliphatic heterocycles. The summed E-state index contributed by atoms with van der Waals surface area (Å²) in [4.78, 5) is 27.9. The zero-order valence-electron chi connectivity index (χ0n) is 17.4. The van der Waals surface area contributed by atoms with Crippen molar-refractivity contribution in [3.63, 3.8) is 0 Å². The van der Waals surface area contributed by atoms with Gasteiger partial charge in [-0.3, -0.25) is 9.59 Å². The SMILES string of the molecule is COc1cc(/C=C2/C(=O)N(c3cccc(C)c3)C(=O)c3ccccc32)cc(OC)c1O. The van der Waals surface area contributed by atoms with Gasteiger partial charge in [0.1, 0.15) is 0 Å². The Hall–Kier alpha value is -4.06. The number of ether oxygens (including phenoxy) is 2. The molecule has 0 aliphatic carbocycles. The van der Waals surface area contributed by atoms with Crippen molar-refractivity contribution in [1.29, 1.82) is 0 Å².